The zero-order valence-corrected chi connectivity index (χ0v) is 12.2. The Bertz CT molecular complexity index is 656. The third-order valence-electron chi connectivity index (χ3n) is 3.81. The van der Waals surface area contributed by atoms with E-state index in [1.54, 1.807) is 23.2 Å². The fraction of sp³-hybridized carbons (Fsp3) is 0.333. The van der Waals surface area contributed by atoms with Gasteiger partial charge in [0.1, 0.15) is 0 Å². The molecule has 0 radical (unpaired) electrons. The van der Waals surface area contributed by atoms with E-state index in [-0.39, 0.29) is 18.4 Å². The lowest BCUT2D eigenvalue weighted by atomic mass is 10.1. The van der Waals surface area contributed by atoms with Crippen LogP contribution in [0, 0.1) is 5.92 Å². The number of aliphatic hydroxyl groups excluding tert-OH is 1. The molecule has 1 atom stereocenters. The standard InChI is InChI=1S/C15H16ClN3O2/c16-12-3-1-2-11(6-12)14-13(7-17-18-14)15(21)19-5-4-10(8-19)9-20/h1-3,6-7,10,20H,4-5,8-9H2,(H,17,18). The third kappa shape index (κ3) is 2.80. The minimum atomic E-state index is -0.0605. The summed E-state index contributed by atoms with van der Waals surface area (Å²) in [5, 5.41) is 16.7. The molecule has 0 saturated carbocycles. The van der Waals surface area contributed by atoms with E-state index in [4.69, 9.17) is 11.6 Å². The number of hydrogen-bond donors (Lipinski definition) is 2. The molecule has 3 rings (SSSR count). The Balaban J connectivity index is 1.87. The van der Waals surface area contributed by atoms with Crippen molar-refractivity contribution < 1.29 is 9.90 Å². The molecule has 1 aromatic carbocycles. The molecule has 6 heteroatoms. The predicted molar refractivity (Wildman–Crippen MR) is 80.1 cm³/mol. The van der Waals surface area contributed by atoms with Gasteiger partial charge in [-0.3, -0.25) is 9.89 Å². The summed E-state index contributed by atoms with van der Waals surface area (Å²) in [6.45, 7) is 1.38. The fourth-order valence-corrected chi connectivity index (χ4v) is 2.84. The number of amides is 1. The first-order chi connectivity index (χ1) is 10.2. The Kier molecular flexibility index (Phi) is 3.94. The monoisotopic (exact) mass is 305 g/mol. The van der Waals surface area contributed by atoms with E-state index < -0.39 is 0 Å². The zero-order chi connectivity index (χ0) is 14.8. The molecule has 21 heavy (non-hydrogen) atoms. The number of carbonyl (C=O) groups is 1. The molecule has 2 aromatic rings. The molecular weight excluding hydrogens is 290 g/mol. The van der Waals surface area contributed by atoms with E-state index in [0.29, 0.717) is 29.4 Å². The molecule has 5 nitrogen and oxygen atoms in total. The number of aliphatic hydroxyl groups is 1. The number of likely N-dealkylation sites (tertiary alicyclic amines) is 1. The normalized spacial score (nSPS) is 18.2. The van der Waals surface area contributed by atoms with Gasteiger partial charge in [0.2, 0.25) is 0 Å². The van der Waals surface area contributed by atoms with Crippen LogP contribution in [0.3, 0.4) is 0 Å². The summed E-state index contributed by atoms with van der Waals surface area (Å²) in [6, 6.07) is 7.31. The highest BCUT2D eigenvalue weighted by Gasteiger charge is 2.28. The molecule has 0 spiro atoms. The van der Waals surface area contributed by atoms with Crippen molar-refractivity contribution in [1.29, 1.82) is 0 Å². The Hall–Kier alpha value is -1.85. The van der Waals surface area contributed by atoms with Crippen LogP contribution in [-0.4, -0.2) is 45.8 Å². The molecule has 2 heterocycles. The van der Waals surface area contributed by atoms with E-state index in [0.717, 1.165) is 12.0 Å². The topological polar surface area (TPSA) is 69.2 Å². The van der Waals surface area contributed by atoms with Gasteiger partial charge in [-0.1, -0.05) is 23.7 Å². The first-order valence-electron chi connectivity index (χ1n) is 6.88. The lowest BCUT2D eigenvalue weighted by molar-refractivity contribution is 0.0782. The SMILES string of the molecule is O=C(c1cn[nH]c1-c1cccc(Cl)c1)N1CCC(CO)C1. The van der Waals surface area contributed by atoms with Crippen molar-refractivity contribution in [3.05, 3.63) is 41.0 Å². The van der Waals surface area contributed by atoms with Crippen molar-refractivity contribution in [1.82, 2.24) is 15.1 Å². The van der Waals surface area contributed by atoms with Gasteiger partial charge in [0.05, 0.1) is 17.5 Å². The number of benzene rings is 1. The van der Waals surface area contributed by atoms with Crippen LogP contribution in [0.2, 0.25) is 5.02 Å². The smallest absolute Gasteiger partial charge is 0.257 e. The molecular formula is C15H16ClN3O2. The second-order valence-electron chi connectivity index (χ2n) is 5.26. The van der Waals surface area contributed by atoms with Crippen LogP contribution in [0.25, 0.3) is 11.3 Å². The van der Waals surface area contributed by atoms with E-state index in [1.807, 2.05) is 12.1 Å². The average Bonchev–Trinajstić information content (AvgIpc) is 3.15. The van der Waals surface area contributed by atoms with Crippen LogP contribution in [-0.2, 0) is 0 Å². The number of rotatable bonds is 3. The van der Waals surface area contributed by atoms with Gasteiger partial charge in [-0.15, -0.1) is 0 Å². The molecule has 1 aliphatic rings. The Morgan fingerprint density at radius 2 is 2.38 bits per heavy atom. The fourth-order valence-electron chi connectivity index (χ4n) is 2.65. The molecule has 0 bridgehead atoms. The van der Waals surface area contributed by atoms with Crippen LogP contribution in [0.4, 0.5) is 0 Å². The summed E-state index contributed by atoms with van der Waals surface area (Å²) in [7, 11) is 0. The summed E-state index contributed by atoms with van der Waals surface area (Å²) in [4.78, 5) is 14.4. The van der Waals surface area contributed by atoms with Crippen molar-refractivity contribution in [3.8, 4) is 11.3 Å². The summed E-state index contributed by atoms with van der Waals surface area (Å²) in [6.07, 6.45) is 2.39. The largest absolute Gasteiger partial charge is 0.396 e. The maximum absolute atomic E-state index is 12.6. The maximum atomic E-state index is 12.6. The number of nitrogens with one attached hydrogen (secondary N) is 1. The lowest BCUT2D eigenvalue weighted by Crippen LogP contribution is -2.29. The number of carbonyl (C=O) groups excluding carboxylic acids is 1. The quantitative estimate of drug-likeness (QED) is 0.913. The number of halogens is 1. The van der Waals surface area contributed by atoms with Gasteiger partial charge in [0, 0.05) is 36.2 Å². The summed E-state index contributed by atoms with van der Waals surface area (Å²) in [5.41, 5.74) is 2.05. The summed E-state index contributed by atoms with van der Waals surface area (Å²) >= 11 is 6.00. The van der Waals surface area contributed by atoms with Gasteiger partial charge >= 0.3 is 0 Å². The highest BCUT2D eigenvalue weighted by atomic mass is 35.5. The van der Waals surface area contributed by atoms with Gasteiger partial charge < -0.3 is 10.0 Å². The molecule has 1 fully saturated rings. The van der Waals surface area contributed by atoms with Crippen LogP contribution < -0.4 is 0 Å². The maximum Gasteiger partial charge on any atom is 0.257 e. The first kappa shape index (κ1) is 14.1. The Labute approximate surface area is 127 Å². The Morgan fingerprint density at radius 3 is 3.10 bits per heavy atom. The van der Waals surface area contributed by atoms with Crippen LogP contribution in [0.15, 0.2) is 30.5 Å². The van der Waals surface area contributed by atoms with Crippen LogP contribution >= 0.6 is 11.6 Å². The summed E-state index contributed by atoms with van der Waals surface area (Å²) < 4.78 is 0. The van der Waals surface area contributed by atoms with Crippen molar-refractivity contribution in [3.63, 3.8) is 0 Å². The van der Waals surface area contributed by atoms with Crippen LogP contribution in [0.5, 0.6) is 0 Å². The third-order valence-corrected chi connectivity index (χ3v) is 4.05. The molecule has 1 aromatic heterocycles. The number of aromatic amines is 1. The molecule has 110 valence electrons. The average molecular weight is 306 g/mol. The molecule has 1 unspecified atom stereocenters. The van der Waals surface area contributed by atoms with Gasteiger partial charge in [0.15, 0.2) is 0 Å². The number of aromatic nitrogens is 2. The minimum absolute atomic E-state index is 0.0605. The molecule has 0 aliphatic carbocycles. The van der Waals surface area contributed by atoms with Gasteiger partial charge in [-0.25, -0.2) is 0 Å². The van der Waals surface area contributed by atoms with Gasteiger partial charge in [0.25, 0.3) is 5.91 Å². The van der Waals surface area contributed by atoms with Crippen molar-refractivity contribution in [2.75, 3.05) is 19.7 Å². The molecule has 1 saturated heterocycles. The van der Waals surface area contributed by atoms with Gasteiger partial charge in [-0.2, -0.15) is 5.10 Å². The highest BCUT2D eigenvalue weighted by Crippen LogP contribution is 2.26. The van der Waals surface area contributed by atoms with Crippen LogP contribution in [0.1, 0.15) is 16.8 Å². The lowest BCUT2D eigenvalue weighted by Gasteiger charge is -2.16. The highest BCUT2D eigenvalue weighted by molar-refractivity contribution is 6.30. The second-order valence-corrected chi connectivity index (χ2v) is 5.69. The van der Waals surface area contributed by atoms with Crippen molar-refractivity contribution in [2.24, 2.45) is 5.92 Å². The van der Waals surface area contributed by atoms with E-state index >= 15 is 0 Å². The molecule has 2 N–H and O–H groups in total. The molecule has 1 aliphatic heterocycles. The first-order valence-corrected chi connectivity index (χ1v) is 7.26. The number of H-pyrrole nitrogens is 1. The number of nitrogens with zero attached hydrogens (tertiary/aromatic N) is 2. The van der Waals surface area contributed by atoms with Gasteiger partial charge in [-0.05, 0) is 18.6 Å². The predicted octanol–water partition coefficient (Wildman–Crippen LogP) is 2.18. The van der Waals surface area contributed by atoms with E-state index in [1.165, 1.54) is 0 Å². The second kappa shape index (κ2) is 5.87. The summed E-state index contributed by atoms with van der Waals surface area (Å²) in [5.74, 6) is 0.116. The Morgan fingerprint density at radius 1 is 1.52 bits per heavy atom. The van der Waals surface area contributed by atoms with E-state index in [9.17, 15) is 9.90 Å². The van der Waals surface area contributed by atoms with E-state index in [2.05, 4.69) is 10.2 Å². The minimum Gasteiger partial charge on any atom is -0.396 e. The number of hydrogen-bond acceptors (Lipinski definition) is 3. The van der Waals surface area contributed by atoms with Crippen molar-refractivity contribution >= 4 is 17.5 Å². The molecule has 1 amide bonds. The zero-order valence-electron chi connectivity index (χ0n) is 11.4. The van der Waals surface area contributed by atoms with Crippen molar-refractivity contribution in [2.45, 2.75) is 6.42 Å².